The molecule has 1 aliphatic rings. The van der Waals surface area contributed by atoms with E-state index in [-0.39, 0.29) is 22.8 Å². The summed E-state index contributed by atoms with van der Waals surface area (Å²) in [6.07, 6.45) is 6.23. The molecule has 2 nitrogen and oxygen atoms in total. The highest BCUT2D eigenvalue weighted by molar-refractivity contribution is 7.09. The molecule has 5 heteroatoms. The van der Waals surface area contributed by atoms with Gasteiger partial charge in [-0.05, 0) is 49.1 Å². The SMILES string of the molecule is CCC(O)c1ccc(C2C(Cl)CC(Cl)C2CCCc2nccs2)cc1. The number of hydrogen-bond acceptors (Lipinski definition) is 3. The minimum atomic E-state index is -0.390. The smallest absolute Gasteiger partial charge is 0.0924 e. The molecule has 1 heterocycles. The Balaban J connectivity index is 1.68. The van der Waals surface area contributed by atoms with Gasteiger partial charge in [0.25, 0.3) is 0 Å². The summed E-state index contributed by atoms with van der Waals surface area (Å²) in [5.41, 5.74) is 2.22. The second-order valence-electron chi connectivity index (χ2n) is 6.87. The lowest BCUT2D eigenvalue weighted by Gasteiger charge is -2.24. The van der Waals surface area contributed by atoms with Crippen molar-refractivity contribution >= 4 is 34.5 Å². The van der Waals surface area contributed by atoms with E-state index in [9.17, 15) is 5.11 Å². The van der Waals surface area contributed by atoms with Crippen molar-refractivity contribution in [3.05, 3.63) is 52.0 Å². The second kappa shape index (κ2) is 8.85. The molecule has 0 radical (unpaired) electrons. The highest BCUT2D eigenvalue weighted by Gasteiger charge is 2.41. The lowest BCUT2D eigenvalue weighted by molar-refractivity contribution is 0.173. The molecule has 5 atom stereocenters. The first kappa shape index (κ1) is 19.2. The van der Waals surface area contributed by atoms with Crippen LogP contribution in [-0.2, 0) is 6.42 Å². The molecule has 5 unspecified atom stereocenters. The summed E-state index contributed by atoms with van der Waals surface area (Å²) in [6, 6.07) is 8.30. The Bertz CT molecular complexity index is 646. The minimum absolute atomic E-state index is 0.0781. The van der Waals surface area contributed by atoms with E-state index >= 15 is 0 Å². The number of aliphatic hydroxyl groups excluding tert-OH is 1. The van der Waals surface area contributed by atoms with Gasteiger partial charge in [-0.15, -0.1) is 34.5 Å². The number of aliphatic hydroxyl groups is 1. The van der Waals surface area contributed by atoms with E-state index in [0.717, 1.165) is 37.7 Å². The van der Waals surface area contributed by atoms with Gasteiger partial charge in [-0.1, -0.05) is 31.2 Å². The van der Waals surface area contributed by atoms with Crippen LogP contribution >= 0.6 is 34.5 Å². The third-order valence-electron chi connectivity index (χ3n) is 5.27. The van der Waals surface area contributed by atoms with Crippen LogP contribution in [-0.4, -0.2) is 20.8 Å². The molecule has 2 aromatic rings. The summed E-state index contributed by atoms with van der Waals surface area (Å²) in [5.74, 6) is 0.680. The maximum atomic E-state index is 9.99. The van der Waals surface area contributed by atoms with Crippen LogP contribution in [0.5, 0.6) is 0 Å². The van der Waals surface area contributed by atoms with Crippen molar-refractivity contribution in [1.29, 1.82) is 0 Å². The van der Waals surface area contributed by atoms with Crippen molar-refractivity contribution in [1.82, 2.24) is 4.98 Å². The van der Waals surface area contributed by atoms with Crippen molar-refractivity contribution in [2.24, 2.45) is 5.92 Å². The zero-order valence-electron chi connectivity index (χ0n) is 14.4. The summed E-state index contributed by atoms with van der Waals surface area (Å²) in [7, 11) is 0. The predicted octanol–water partition coefficient (Wildman–Crippen LogP) is 5.93. The van der Waals surface area contributed by atoms with E-state index in [4.69, 9.17) is 23.2 Å². The van der Waals surface area contributed by atoms with Gasteiger partial charge < -0.3 is 5.11 Å². The Morgan fingerprint density at radius 2 is 2.00 bits per heavy atom. The molecule has 0 aliphatic heterocycles. The predicted molar refractivity (Wildman–Crippen MR) is 107 cm³/mol. The first-order valence-corrected chi connectivity index (χ1v) is 10.8. The van der Waals surface area contributed by atoms with Crippen LogP contribution in [0.1, 0.15) is 60.8 Å². The fourth-order valence-electron chi connectivity index (χ4n) is 3.89. The van der Waals surface area contributed by atoms with Crippen LogP contribution in [0.4, 0.5) is 0 Å². The standard InChI is InChI=1S/C20H25Cl2NOS/c1-2-18(24)13-6-8-14(9-7-13)20-15(16(21)12-17(20)22)4-3-5-19-23-10-11-25-19/h6-11,15-18,20,24H,2-5,12H2,1H3. The molecule has 1 aliphatic carbocycles. The average molecular weight is 398 g/mol. The second-order valence-corrected chi connectivity index (χ2v) is 8.97. The van der Waals surface area contributed by atoms with Gasteiger partial charge in [-0.25, -0.2) is 4.98 Å². The lowest BCUT2D eigenvalue weighted by Crippen LogP contribution is -2.17. The number of alkyl halides is 2. The van der Waals surface area contributed by atoms with E-state index < -0.39 is 0 Å². The van der Waals surface area contributed by atoms with Crippen LogP contribution in [0.25, 0.3) is 0 Å². The quantitative estimate of drug-likeness (QED) is 0.587. The van der Waals surface area contributed by atoms with Crippen LogP contribution in [0.2, 0.25) is 0 Å². The molecule has 1 N–H and O–H groups in total. The Morgan fingerprint density at radius 3 is 2.64 bits per heavy atom. The molecule has 1 aromatic carbocycles. The number of aromatic nitrogens is 1. The van der Waals surface area contributed by atoms with Gasteiger partial charge in [0, 0.05) is 28.2 Å². The average Bonchev–Trinajstić information content (AvgIpc) is 3.23. The zero-order valence-corrected chi connectivity index (χ0v) is 16.8. The lowest BCUT2D eigenvalue weighted by atomic mass is 9.84. The molecular formula is C20H25Cl2NOS. The van der Waals surface area contributed by atoms with Gasteiger partial charge >= 0.3 is 0 Å². The number of benzene rings is 1. The van der Waals surface area contributed by atoms with E-state index in [0.29, 0.717) is 5.92 Å². The van der Waals surface area contributed by atoms with Gasteiger partial charge in [0.15, 0.2) is 0 Å². The maximum absolute atomic E-state index is 9.99. The van der Waals surface area contributed by atoms with Gasteiger partial charge in [-0.3, -0.25) is 0 Å². The fraction of sp³-hybridized carbons (Fsp3) is 0.550. The minimum Gasteiger partial charge on any atom is -0.388 e. The summed E-state index contributed by atoms with van der Waals surface area (Å²) in [4.78, 5) is 4.36. The van der Waals surface area contributed by atoms with Crippen molar-refractivity contribution < 1.29 is 5.11 Å². The van der Waals surface area contributed by atoms with E-state index in [2.05, 4.69) is 17.1 Å². The maximum Gasteiger partial charge on any atom is 0.0924 e. The Kier molecular flexibility index (Phi) is 6.79. The number of halogens is 2. The molecule has 1 fully saturated rings. The van der Waals surface area contributed by atoms with Crippen LogP contribution in [0, 0.1) is 5.92 Å². The summed E-state index contributed by atoms with van der Waals surface area (Å²) < 4.78 is 0. The molecule has 0 saturated heterocycles. The molecule has 0 amide bonds. The molecule has 25 heavy (non-hydrogen) atoms. The molecular weight excluding hydrogens is 373 g/mol. The molecule has 136 valence electrons. The molecule has 0 bridgehead atoms. The van der Waals surface area contributed by atoms with E-state index in [1.165, 1.54) is 10.6 Å². The van der Waals surface area contributed by atoms with Crippen LogP contribution in [0.3, 0.4) is 0 Å². The highest BCUT2D eigenvalue weighted by Crippen LogP contribution is 2.47. The third kappa shape index (κ3) is 4.57. The summed E-state index contributed by atoms with van der Waals surface area (Å²) in [6.45, 7) is 1.99. The van der Waals surface area contributed by atoms with Crippen molar-refractivity contribution in [2.45, 2.75) is 61.8 Å². The van der Waals surface area contributed by atoms with Crippen molar-refractivity contribution in [2.75, 3.05) is 0 Å². The first-order chi connectivity index (χ1) is 12.1. The topological polar surface area (TPSA) is 33.1 Å². The van der Waals surface area contributed by atoms with E-state index in [1.54, 1.807) is 11.3 Å². The summed E-state index contributed by atoms with van der Waals surface area (Å²) >= 11 is 15.0. The highest BCUT2D eigenvalue weighted by atomic mass is 35.5. The van der Waals surface area contributed by atoms with Crippen LogP contribution in [0.15, 0.2) is 35.8 Å². The monoisotopic (exact) mass is 397 g/mol. The number of rotatable bonds is 7. The van der Waals surface area contributed by atoms with E-state index in [1.807, 2.05) is 30.6 Å². The van der Waals surface area contributed by atoms with Gasteiger partial charge in [0.05, 0.1) is 11.1 Å². The molecule has 1 saturated carbocycles. The number of aryl methyl sites for hydroxylation is 1. The largest absolute Gasteiger partial charge is 0.388 e. The van der Waals surface area contributed by atoms with Gasteiger partial charge in [0.2, 0.25) is 0 Å². The van der Waals surface area contributed by atoms with Gasteiger partial charge in [-0.2, -0.15) is 0 Å². The normalized spacial score (nSPS) is 27.5. The molecule has 3 rings (SSSR count). The Labute approximate surface area is 164 Å². The van der Waals surface area contributed by atoms with Crippen LogP contribution < -0.4 is 0 Å². The Morgan fingerprint density at radius 1 is 1.24 bits per heavy atom. The molecule has 1 aromatic heterocycles. The first-order valence-electron chi connectivity index (χ1n) is 9.04. The number of nitrogens with zero attached hydrogens (tertiary/aromatic N) is 1. The fourth-order valence-corrected chi connectivity index (χ4v) is 5.64. The molecule has 0 spiro atoms. The third-order valence-corrected chi connectivity index (χ3v) is 7.06. The number of hydrogen-bond donors (Lipinski definition) is 1. The van der Waals surface area contributed by atoms with Crippen molar-refractivity contribution in [3.63, 3.8) is 0 Å². The van der Waals surface area contributed by atoms with Crippen molar-refractivity contribution in [3.8, 4) is 0 Å². The van der Waals surface area contributed by atoms with Gasteiger partial charge in [0.1, 0.15) is 0 Å². The Hall–Kier alpha value is -0.610. The zero-order chi connectivity index (χ0) is 17.8. The summed E-state index contributed by atoms with van der Waals surface area (Å²) in [5, 5.41) is 13.4. The number of thiazole rings is 1.